The van der Waals surface area contributed by atoms with Crippen LogP contribution in [0, 0.1) is 6.92 Å². The summed E-state index contributed by atoms with van der Waals surface area (Å²) in [6, 6.07) is 6.28. The molecule has 0 saturated heterocycles. The molecule has 0 aliphatic carbocycles. The molecule has 156 valence electrons. The third-order valence-corrected chi connectivity index (χ3v) is 3.42. The van der Waals surface area contributed by atoms with Gasteiger partial charge in [-0.15, -0.1) is 0 Å². The number of nitrogens with one attached hydrogen (secondary N) is 1. The highest BCUT2D eigenvalue weighted by molar-refractivity contribution is 6.53. The molecule has 1 aromatic carbocycles. The summed E-state index contributed by atoms with van der Waals surface area (Å²) in [5.74, 6) is -0.395. The van der Waals surface area contributed by atoms with E-state index in [1.54, 1.807) is 19.1 Å². The first kappa shape index (κ1) is 30.3. The smallest absolute Gasteiger partial charge is 0.253 e. The van der Waals surface area contributed by atoms with Crippen LogP contribution < -0.4 is 5.32 Å². The Hall–Kier alpha value is -1.47. The number of aliphatic hydroxyl groups excluding tert-OH is 2. The second kappa shape index (κ2) is 19.3. The minimum Gasteiger partial charge on any atom is -0.394 e. The van der Waals surface area contributed by atoms with Crippen LogP contribution in [0.5, 0.6) is 0 Å². The number of amides is 1. The maximum absolute atomic E-state index is 11.3. The molecule has 6 nitrogen and oxygen atoms in total. The van der Waals surface area contributed by atoms with E-state index in [9.17, 15) is 19.8 Å². The Morgan fingerprint density at radius 2 is 1.56 bits per heavy atom. The van der Waals surface area contributed by atoms with Crippen molar-refractivity contribution in [1.29, 1.82) is 0 Å². The van der Waals surface area contributed by atoms with Gasteiger partial charge in [0, 0.05) is 6.42 Å². The Labute approximate surface area is 171 Å². The van der Waals surface area contributed by atoms with Crippen LogP contribution in [-0.2, 0) is 14.4 Å². The zero-order valence-corrected chi connectivity index (χ0v) is 18.0. The van der Waals surface area contributed by atoms with E-state index >= 15 is 0 Å². The van der Waals surface area contributed by atoms with E-state index in [-0.39, 0.29) is 5.78 Å². The minimum atomic E-state index is -1.23. The van der Waals surface area contributed by atoms with Crippen LogP contribution in [0.3, 0.4) is 0 Å². The quantitative estimate of drug-likeness (QED) is 0.609. The summed E-state index contributed by atoms with van der Waals surface area (Å²) in [5.41, 5.74) is 1.65. The van der Waals surface area contributed by atoms with Gasteiger partial charge in [0.2, 0.25) is 0 Å². The fourth-order valence-corrected chi connectivity index (χ4v) is 1.59. The van der Waals surface area contributed by atoms with Gasteiger partial charge in [-0.2, -0.15) is 0 Å². The molecule has 0 heterocycles. The van der Waals surface area contributed by atoms with E-state index in [0.717, 1.165) is 5.56 Å². The summed E-state index contributed by atoms with van der Waals surface area (Å²) in [6.07, 6.45) is -0.355. The first-order chi connectivity index (χ1) is 12.7. The van der Waals surface area contributed by atoms with Gasteiger partial charge in [-0.25, -0.2) is 0 Å². The summed E-state index contributed by atoms with van der Waals surface area (Å²) >= 11 is 10.8. The van der Waals surface area contributed by atoms with E-state index in [0.29, 0.717) is 12.0 Å². The van der Waals surface area contributed by atoms with Crippen molar-refractivity contribution in [2.24, 2.45) is 0 Å². The van der Waals surface area contributed by atoms with Crippen LogP contribution in [-0.4, -0.2) is 46.2 Å². The molecular weight excluding hydrogens is 393 g/mol. The molecule has 0 aromatic heterocycles. The molecule has 1 amide bonds. The Bertz CT molecular complexity index is 509. The standard InChI is InChI=1S/C12H15Cl2NO3.C4H8O.C2H6.CH2O/c1-7-2-4-8(5-3-7)10(17)9(6-16)15-12(18)11(13)14;1-3-4(2)5;2*1-2/h2-5,9-11,16-17H,6H2,1H3,(H,15,18);3H2,1-2H3;1-2H3;1H2. The monoisotopic (exact) mass is 423 g/mol. The van der Waals surface area contributed by atoms with Crippen molar-refractivity contribution < 1.29 is 24.6 Å². The maximum atomic E-state index is 11.3. The summed E-state index contributed by atoms with van der Waals surface area (Å²) in [6.45, 7) is 10.9. The second-order valence-corrected chi connectivity index (χ2v) is 6.11. The van der Waals surface area contributed by atoms with Crippen LogP contribution in [0.1, 0.15) is 51.3 Å². The van der Waals surface area contributed by atoms with Crippen LogP contribution in [0.15, 0.2) is 24.3 Å². The molecule has 2 unspecified atom stereocenters. The third kappa shape index (κ3) is 15.3. The van der Waals surface area contributed by atoms with Crippen LogP contribution in [0.2, 0.25) is 0 Å². The molecule has 0 bridgehead atoms. The van der Waals surface area contributed by atoms with Gasteiger partial charge < -0.3 is 25.1 Å². The summed E-state index contributed by atoms with van der Waals surface area (Å²) in [5, 5.41) is 21.6. The molecule has 27 heavy (non-hydrogen) atoms. The molecule has 0 aliphatic heterocycles. The van der Waals surface area contributed by atoms with Crippen molar-refractivity contribution >= 4 is 41.7 Å². The Balaban J connectivity index is -0.000000543. The van der Waals surface area contributed by atoms with E-state index in [1.165, 1.54) is 0 Å². The topological polar surface area (TPSA) is 104 Å². The number of hydrogen-bond acceptors (Lipinski definition) is 5. The van der Waals surface area contributed by atoms with Gasteiger partial charge in [-0.1, -0.05) is 73.8 Å². The number of hydrogen-bond donors (Lipinski definition) is 3. The Kier molecular flexibility index (Phi) is 21.6. The molecular formula is C19H31Cl2NO5. The zero-order valence-electron chi connectivity index (χ0n) is 16.5. The van der Waals surface area contributed by atoms with Gasteiger partial charge in [0.25, 0.3) is 5.91 Å². The maximum Gasteiger partial charge on any atom is 0.253 e. The zero-order chi connectivity index (χ0) is 22.0. The SMILES string of the molecule is C=O.CC.CCC(C)=O.Cc1ccc(C(O)C(CO)NC(=O)C(Cl)Cl)cc1. The number of carbonyl (C=O) groups excluding carboxylic acids is 3. The van der Waals surface area contributed by atoms with E-state index < -0.39 is 29.5 Å². The van der Waals surface area contributed by atoms with Crippen LogP contribution >= 0.6 is 23.2 Å². The largest absolute Gasteiger partial charge is 0.394 e. The lowest BCUT2D eigenvalue weighted by atomic mass is 10.0. The van der Waals surface area contributed by atoms with Crippen LogP contribution in [0.4, 0.5) is 0 Å². The summed E-state index contributed by atoms with van der Waals surface area (Å²) < 4.78 is 0. The number of aryl methyl sites for hydroxylation is 1. The molecule has 0 fully saturated rings. The number of aliphatic hydroxyl groups is 2. The highest BCUT2D eigenvalue weighted by Gasteiger charge is 2.24. The van der Waals surface area contributed by atoms with Crippen molar-refractivity contribution in [3.05, 3.63) is 35.4 Å². The number of alkyl halides is 2. The first-order valence-corrected chi connectivity index (χ1v) is 9.32. The van der Waals surface area contributed by atoms with E-state index in [1.807, 2.05) is 46.6 Å². The first-order valence-electron chi connectivity index (χ1n) is 8.45. The van der Waals surface area contributed by atoms with Gasteiger partial charge in [0.05, 0.1) is 12.6 Å². The highest BCUT2D eigenvalue weighted by atomic mass is 35.5. The summed E-state index contributed by atoms with van der Waals surface area (Å²) in [4.78, 5) is 27.9. The predicted octanol–water partition coefficient (Wildman–Crippen LogP) is 3.14. The van der Waals surface area contributed by atoms with Gasteiger partial charge in [0.1, 0.15) is 18.7 Å². The number of carbonyl (C=O) groups is 3. The van der Waals surface area contributed by atoms with Crippen molar-refractivity contribution in [3.8, 4) is 0 Å². The Morgan fingerprint density at radius 3 is 1.85 bits per heavy atom. The summed E-state index contributed by atoms with van der Waals surface area (Å²) in [7, 11) is 0. The molecule has 1 aromatic rings. The lowest BCUT2D eigenvalue weighted by Crippen LogP contribution is -2.44. The lowest BCUT2D eigenvalue weighted by Gasteiger charge is -2.23. The van der Waals surface area contributed by atoms with Crippen molar-refractivity contribution in [2.75, 3.05) is 6.61 Å². The average Bonchev–Trinajstić information content (AvgIpc) is 2.69. The molecule has 0 spiro atoms. The normalized spacial score (nSPS) is 11.3. The molecule has 0 saturated carbocycles. The van der Waals surface area contributed by atoms with Gasteiger partial charge in [0.15, 0.2) is 4.84 Å². The molecule has 3 N–H and O–H groups in total. The van der Waals surface area contributed by atoms with E-state index in [2.05, 4.69) is 5.32 Å². The molecule has 0 aliphatic rings. The Morgan fingerprint density at radius 1 is 1.15 bits per heavy atom. The van der Waals surface area contributed by atoms with Gasteiger partial charge >= 0.3 is 0 Å². The molecule has 8 heteroatoms. The van der Waals surface area contributed by atoms with Gasteiger partial charge in [-0.3, -0.25) is 4.79 Å². The average molecular weight is 424 g/mol. The van der Waals surface area contributed by atoms with Crippen LogP contribution in [0.25, 0.3) is 0 Å². The van der Waals surface area contributed by atoms with Crippen molar-refractivity contribution in [3.63, 3.8) is 0 Å². The number of ketones is 1. The molecule has 0 radical (unpaired) electrons. The van der Waals surface area contributed by atoms with Crippen molar-refractivity contribution in [2.45, 2.75) is 58.0 Å². The predicted molar refractivity (Wildman–Crippen MR) is 110 cm³/mol. The fraction of sp³-hybridized carbons (Fsp3) is 0.526. The number of halogens is 2. The highest BCUT2D eigenvalue weighted by Crippen LogP contribution is 2.18. The third-order valence-electron chi connectivity index (χ3n) is 3.02. The number of Topliss-reactive ketones (excluding diaryl/α,β-unsaturated/α-hetero) is 1. The van der Waals surface area contributed by atoms with Gasteiger partial charge in [-0.05, 0) is 19.4 Å². The fourth-order valence-electron chi connectivity index (χ4n) is 1.47. The second-order valence-electron chi connectivity index (χ2n) is 5.01. The number of rotatable bonds is 6. The number of benzene rings is 1. The minimum absolute atomic E-state index is 0.255. The molecule has 1 rings (SSSR count). The van der Waals surface area contributed by atoms with E-state index in [4.69, 9.17) is 28.0 Å². The van der Waals surface area contributed by atoms with Crippen molar-refractivity contribution in [1.82, 2.24) is 5.32 Å². The molecule has 2 atom stereocenters. The lowest BCUT2D eigenvalue weighted by molar-refractivity contribution is -0.121.